The summed E-state index contributed by atoms with van der Waals surface area (Å²) < 4.78 is 5.08. The quantitative estimate of drug-likeness (QED) is 0.726. The molecule has 1 rings (SSSR count). The van der Waals surface area contributed by atoms with Crippen molar-refractivity contribution in [2.24, 2.45) is 5.73 Å². The summed E-state index contributed by atoms with van der Waals surface area (Å²) in [6, 6.07) is 0.377. The lowest BCUT2D eigenvalue weighted by atomic mass is 10.2. The van der Waals surface area contributed by atoms with Gasteiger partial charge in [-0.2, -0.15) is 0 Å². The summed E-state index contributed by atoms with van der Waals surface area (Å²) in [5.74, 6) is 0. The molecule has 0 aliphatic rings. The summed E-state index contributed by atoms with van der Waals surface area (Å²) in [6.45, 7) is 4.36. The van der Waals surface area contributed by atoms with E-state index in [1.807, 2.05) is 13.8 Å². The van der Waals surface area contributed by atoms with Gasteiger partial charge in [0.2, 0.25) is 0 Å². The van der Waals surface area contributed by atoms with Gasteiger partial charge < -0.3 is 10.5 Å². The van der Waals surface area contributed by atoms with E-state index in [-0.39, 0.29) is 6.04 Å². The van der Waals surface area contributed by atoms with E-state index >= 15 is 0 Å². The van der Waals surface area contributed by atoms with E-state index in [9.17, 15) is 0 Å². The van der Waals surface area contributed by atoms with E-state index in [1.54, 1.807) is 12.4 Å². The maximum Gasteiger partial charge on any atom is 0.316 e. The van der Waals surface area contributed by atoms with E-state index < -0.39 is 0 Å². The highest BCUT2D eigenvalue weighted by Gasteiger charge is 2.00. The Morgan fingerprint density at radius 1 is 1.50 bits per heavy atom. The number of rotatable bonds is 3. The Bertz CT molecular complexity index is 233. The van der Waals surface area contributed by atoms with Crippen LogP contribution in [0.3, 0.4) is 0 Å². The Balaban J connectivity index is 2.71. The first-order valence-corrected chi connectivity index (χ1v) is 3.94. The molecule has 0 saturated heterocycles. The molecule has 4 nitrogen and oxygen atoms in total. The second kappa shape index (κ2) is 4.01. The fourth-order valence-corrected chi connectivity index (χ4v) is 0.765. The lowest BCUT2D eigenvalue weighted by Gasteiger charge is -2.04. The second-order valence-electron chi connectivity index (χ2n) is 2.52. The van der Waals surface area contributed by atoms with Crippen molar-refractivity contribution < 1.29 is 4.74 Å². The molecule has 0 aliphatic carbocycles. The van der Waals surface area contributed by atoms with Crippen molar-refractivity contribution in [3.8, 4) is 6.01 Å². The van der Waals surface area contributed by atoms with Gasteiger partial charge in [-0.25, -0.2) is 9.97 Å². The molecule has 0 spiro atoms. The topological polar surface area (TPSA) is 61.0 Å². The van der Waals surface area contributed by atoms with E-state index in [2.05, 4.69) is 9.97 Å². The number of ether oxygens (including phenoxy) is 1. The fourth-order valence-electron chi connectivity index (χ4n) is 0.765. The Morgan fingerprint density at radius 2 is 2.08 bits per heavy atom. The van der Waals surface area contributed by atoms with Gasteiger partial charge in [-0.1, -0.05) is 0 Å². The second-order valence-corrected chi connectivity index (χ2v) is 2.52. The van der Waals surface area contributed by atoms with Crippen molar-refractivity contribution >= 4 is 0 Å². The molecular formula is C8H13N3O. The van der Waals surface area contributed by atoms with Gasteiger partial charge in [0.25, 0.3) is 0 Å². The molecule has 0 aliphatic heterocycles. The molecule has 0 radical (unpaired) electrons. The molecule has 0 unspecified atom stereocenters. The van der Waals surface area contributed by atoms with Crippen LogP contribution < -0.4 is 10.5 Å². The van der Waals surface area contributed by atoms with Gasteiger partial charge in [-0.3, -0.25) is 0 Å². The van der Waals surface area contributed by atoms with E-state index in [1.165, 1.54) is 0 Å². The number of nitrogens with two attached hydrogens (primary N) is 1. The molecule has 1 atom stereocenters. The SMILES string of the molecule is CCOc1ncc([C@H](C)N)cn1. The van der Waals surface area contributed by atoms with Crippen molar-refractivity contribution in [2.45, 2.75) is 19.9 Å². The maximum absolute atomic E-state index is 5.62. The van der Waals surface area contributed by atoms with E-state index in [4.69, 9.17) is 10.5 Å². The van der Waals surface area contributed by atoms with Gasteiger partial charge in [0.05, 0.1) is 6.61 Å². The molecule has 1 aromatic rings. The number of nitrogens with zero attached hydrogens (tertiary/aromatic N) is 2. The molecule has 12 heavy (non-hydrogen) atoms. The van der Waals surface area contributed by atoms with Crippen molar-refractivity contribution in [3.05, 3.63) is 18.0 Å². The minimum Gasteiger partial charge on any atom is -0.464 e. The van der Waals surface area contributed by atoms with Crippen molar-refractivity contribution in [2.75, 3.05) is 6.61 Å². The van der Waals surface area contributed by atoms with Crippen molar-refractivity contribution in [3.63, 3.8) is 0 Å². The standard InChI is InChI=1S/C8H13N3O/c1-3-12-8-10-4-7(5-11-8)6(2)9/h4-6H,3,9H2,1-2H3/t6-/m0/s1. The minimum atomic E-state index is -0.0272. The van der Waals surface area contributed by atoms with Crippen LogP contribution in [0.2, 0.25) is 0 Å². The molecule has 66 valence electrons. The van der Waals surface area contributed by atoms with Gasteiger partial charge in [-0.15, -0.1) is 0 Å². The van der Waals surface area contributed by atoms with Gasteiger partial charge in [0.15, 0.2) is 0 Å². The molecule has 1 aromatic heterocycles. The highest BCUT2D eigenvalue weighted by molar-refractivity contribution is 5.10. The number of aromatic nitrogens is 2. The van der Waals surface area contributed by atoms with Crippen LogP contribution in [-0.2, 0) is 0 Å². The third kappa shape index (κ3) is 2.17. The molecule has 0 amide bonds. The first-order valence-electron chi connectivity index (χ1n) is 3.94. The predicted molar refractivity (Wildman–Crippen MR) is 45.8 cm³/mol. The van der Waals surface area contributed by atoms with Crippen molar-refractivity contribution in [1.82, 2.24) is 9.97 Å². The summed E-state index contributed by atoms with van der Waals surface area (Å²) in [6.07, 6.45) is 3.37. The van der Waals surface area contributed by atoms with Gasteiger partial charge >= 0.3 is 6.01 Å². The van der Waals surface area contributed by atoms with Crippen LogP contribution in [0.25, 0.3) is 0 Å². The van der Waals surface area contributed by atoms with Crippen LogP contribution in [-0.4, -0.2) is 16.6 Å². The normalized spacial score (nSPS) is 12.6. The van der Waals surface area contributed by atoms with E-state index in [0.29, 0.717) is 12.6 Å². The molecule has 4 heteroatoms. The monoisotopic (exact) mass is 167 g/mol. The summed E-state index contributed by atoms with van der Waals surface area (Å²) >= 11 is 0. The van der Waals surface area contributed by atoms with Crippen LogP contribution in [0.15, 0.2) is 12.4 Å². The lowest BCUT2D eigenvalue weighted by Crippen LogP contribution is -2.06. The highest BCUT2D eigenvalue weighted by atomic mass is 16.5. The summed E-state index contributed by atoms with van der Waals surface area (Å²) in [5, 5.41) is 0. The van der Waals surface area contributed by atoms with Crippen LogP contribution in [0.5, 0.6) is 6.01 Å². The zero-order valence-electron chi connectivity index (χ0n) is 7.32. The lowest BCUT2D eigenvalue weighted by molar-refractivity contribution is 0.312. The smallest absolute Gasteiger partial charge is 0.316 e. The summed E-state index contributed by atoms with van der Waals surface area (Å²) in [4.78, 5) is 7.95. The third-order valence-corrected chi connectivity index (χ3v) is 1.45. The average molecular weight is 167 g/mol. The zero-order chi connectivity index (χ0) is 8.97. The van der Waals surface area contributed by atoms with Crippen LogP contribution in [0.1, 0.15) is 25.5 Å². The molecule has 1 heterocycles. The molecule has 0 bridgehead atoms. The maximum atomic E-state index is 5.62. The van der Waals surface area contributed by atoms with Crippen LogP contribution in [0.4, 0.5) is 0 Å². The Kier molecular flexibility index (Phi) is 2.99. The third-order valence-electron chi connectivity index (χ3n) is 1.45. The number of hydrogen-bond acceptors (Lipinski definition) is 4. The Labute approximate surface area is 71.8 Å². The highest BCUT2D eigenvalue weighted by Crippen LogP contribution is 2.08. The fraction of sp³-hybridized carbons (Fsp3) is 0.500. The zero-order valence-corrected chi connectivity index (χ0v) is 7.32. The predicted octanol–water partition coefficient (Wildman–Crippen LogP) is 0.895. The van der Waals surface area contributed by atoms with Crippen LogP contribution >= 0.6 is 0 Å². The number of hydrogen-bond donors (Lipinski definition) is 1. The first kappa shape index (κ1) is 8.93. The Hall–Kier alpha value is -1.16. The average Bonchev–Trinajstić information content (AvgIpc) is 2.06. The van der Waals surface area contributed by atoms with Crippen LogP contribution in [0, 0.1) is 0 Å². The van der Waals surface area contributed by atoms with E-state index in [0.717, 1.165) is 5.56 Å². The van der Waals surface area contributed by atoms with Crippen molar-refractivity contribution in [1.29, 1.82) is 0 Å². The first-order chi connectivity index (χ1) is 5.74. The Morgan fingerprint density at radius 3 is 2.50 bits per heavy atom. The largest absolute Gasteiger partial charge is 0.464 e. The summed E-state index contributed by atoms with van der Waals surface area (Å²) in [7, 11) is 0. The molecule has 0 aromatic carbocycles. The van der Waals surface area contributed by atoms with Gasteiger partial charge in [0.1, 0.15) is 0 Å². The van der Waals surface area contributed by atoms with Gasteiger partial charge in [0, 0.05) is 24.0 Å². The molecule has 0 saturated carbocycles. The minimum absolute atomic E-state index is 0.0272. The molecule has 0 fully saturated rings. The summed E-state index contributed by atoms with van der Waals surface area (Å²) in [5.41, 5.74) is 6.53. The molecule has 2 N–H and O–H groups in total. The molecular weight excluding hydrogens is 154 g/mol. The van der Waals surface area contributed by atoms with Gasteiger partial charge in [-0.05, 0) is 13.8 Å².